The van der Waals surface area contributed by atoms with Gasteiger partial charge in [-0.3, -0.25) is 9.48 Å². The number of halogens is 6. The highest BCUT2D eigenvalue weighted by Gasteiger charge is 2.37. The van der Waals surface area contributed by atoms with Gasteiger partial charge in [-0.05, 0) is 30.3 Å². The van der Waals surface area contributed by atoms with Crippen LogP contribution in [-0.4, -0.2) is 25.7 Å². The standard InChI is InChI=1S/C18H12F6N6O/c19-17(20,21)12-7-11(8-13(9-12)18(22,23)24)16-26-10-30(29-16)6-4-15(31)28-27-14-3-1-2-5-25-14/h1-3,5,7-10H,4,6H2. The molecule has 13 heteroatoms. The van der Waals surface area contributed by atoms with Crippen LogP contribution in [0.4, 0.5) is 32.2 Å². The molecule has 7 nitrogen and oxygen atoms in total. The lowest BCUT2D eigenvalue weighted by Crippen LogP contribution is -2.11. The lowest BCUT2D eigenvalue weighted by Gasteiger charge is -2.13. The van der Waals surface area contributed by atoms with Gasteiger partial charge >= 0.3 is 12.4 Å². The third-order valence-electron chi connectivity index (χ3n) is 3.85. The number of hydrogen-bond acceptors (Lipinski definition) is 5. The number of rotatable bonds is 5. The summed E-state index contributed by atoms with van der Waals surface area (Å²) in [7, 11) is 0. The molecule has 0 aliphatic heterocycles. The summed E-state index contributed by atoms with van der Waals surface area (Å²) >= 11 is 0. The number of alkyl halides is 6. The fourth-order valence-corrected chi connectivity index (χ4v) is 2.40. The van der Waals surface area contributed by atoms with Crippen molar-refractivity contribution in [2.45, 2.75) is 25.3 Å². The first kappa shape index (κ1) is 22.1. The molecule has 0 atom stereocenters. The smallest absolute Gasteiger partial charge is 0.271 e. The van der Waals surface area contributed by atoms with Gasteiger partial charge < -0.3 is 0 Å². The molecule has 0 radical (unpaired) electrons. The molecule has 0 N–H and O–H groups in total. The second-order valence-electron chi connectivity index (χ2n) is 6.16. The van der Waals surface area contributed by atoms with Gasteiger partial charge in [0.05, 0.1) is 24.1 Å². The van der Waals surface area contributed by atoms with Crippen LogP contribution in [0, 0.1) is 0 Å². The number of nitrogens with zero attached hydrogens (tertiary/aromatic N) is 6. The minimum atomic E-state index is -4.98. The van der Waals surface area contributed by atoms with Crippen molar-refractivity contribution in [1.29, 1.82) is 0 Å². The molecule has 0 unspecified atom stereocenters. The first-order chi connectivity index (χ1) is 14.5. The Morgan fingerprint density at radius 1 is 0.968 bits per heavy atom. The number of aromatic nitrogens is 4. The van der Waals surface area contributed by atoms with Crippen LogP contribution in [0.15, 0.2) is 59.2 Å². The highest BCUT2D eigenvalue weighted by atomic mass is 19.4. The fourth-order valence-electron chi connectivity index (χ4n) is 2.40. The van der Waals surface area contributed by atoms with Crippen LogP contribution in [0.2, 0.25) is 0 Å². The van der Waals surface area contributed by atoms with E-state index in [1.807, 2.05) is 0 Å². The highest BCUT2D eigenvalue weighted by molar-refractivity contribution is 5.76. The first-order valence-corrected chi connectivity index (χ1v) is 8.57. The van der Waals surface area contributed by atoms with Crippen LogP contribution in [0.5, 0.6) is 0 Å². The molecule has 162 valence electrons. The molecular formula is C18H12F6N6O. The van der Waals surface area contributed by atoms with Crippen molar-refractivity contribution < 1.29 is 31.1 Å². The van der Waals surface area contributed by atoms with Crippen molar-refractivity contribution in [3.63, 3.8) is 0 Å². The maximum Gasteiger partial charge on any atom is 0.416 e. The van der Waals surface area contributed by atoms with Crippen molar-refractivity contribution in [2.75, 3.05) is 0 Å². The van der Waals surface area contributed by atoms with Crippen molar-refractivity contribution in [3.8, 4) is 11.4 Å². The lowest BCUT2D eigenvalue weighted by atomic mass is 10.0. The van der Waals surface area contributed by atoms with E-state index >= 15 is 0 Å². The second-order valence-corrected chi connectivity index (χ2v) is 6.16. The summed E-state index contributed by atoms with van der Waals surface area (Å²) in [6, 6.07) is 5.92. The molecule has 3 rings (SSSR count). The van der Waals surface area contributed by atoms with E-state index in [1.54, 1.807) is 12.1 Å². The van der Waals surface area contributed by atoms with E-state index in [4.69, 9.17) is 0 Å². The Morgan fingerprint density at radius 3 is 2.23 bits per heavy atom. The molecular weight excluding hydrogens is 430 g/mol. The third kappa shape index (κ3) is 5.93. The molecule has 0 saturated heterocycles. The Balaban J connectivity index is 1.74. The number of carbonyl (C=O) groups is 1. The lowest BCUT2D eigenvalue weighted by molar-refractivity contribution is -0.143. The van der Waals surface area contributed by atoms with Crippen molar-refractivity contribution >= 4 is 11.7 Å². The number of carbonyl (C=O) groups excluding carboxylic acids is 1. The number of benzene rings is 1. The molecule has 0 aliphatic rings. The number of pyridine rings is 1. The summed E-state index contributed by atoms with van der Waals surface area (Å²) in [5.41, 5.74) is -3.40. The summed E-state index contributed by atoms with van der Waals surface area (Å²) < 4.78 is 79.0. The Hall–Kier alpha value is -3.64. The van der Waals surface area contributed by atoms with Gasteiger partial charge in [0.2, 0.25) is 0 Å². The molecule has 2 heterocycles. The zero-order chi connectivity index (χ0) is 22.6. The topological polar surface area (TPSA) is 85.4 Å². The molecule has 31 heavy (non-hydrogen) atoms. The SMILES string of the molecule is O=C(CCn1cnc(-c2cc(C(F)(F)F)cc(C(F)(F)F)c2)n1)N=Nc1ccccn1. The average molecular weight is 442 g/mol. The van der Waals surface area contributed by atoms with Gasteiger partial charge in [-0.2, -0.15) is 31.4 Å². The highest BCUT2D eigenvalue weighted by Crippen LogP contribution is 2.38. The molecule has 0 fully saturated rings. The van der Waals surface area contributed by atoms with Gasteiger partial charge in [0.25, 0.3) is 5.91 Å². The quantitative estimate of drug-likeness (QED) is 0.408. The normalized spacial score (nSPS) is 12.5. The zero-order valence-corrected chi connectivity index (χ0v) is 15.4. The second kappa shape index (κ2) is 8.62. The zero-order valence-electron chi connectivity index (χ0n) is 15.4. The predicted molar refractivity (Wildman–Crippen MR) is 93.8 cm³/mol. The summed E-state index contributed by atoms with van der Waals surface area (Å²) in [5.74, 6) is -0.746. The van der Waals surface area contributed by atoms with E-state index in [1.165, 1.54) is 12.3 Å². The summed E-state index contributed by atoms with van der Waals surface area (Å²) in [4.78, 5) is 19.4. The Bertz CT molecular complexity index is 1060. The molecule has 0 bridgehead atoms. The van der Waals surface area contributed by atoms with Crippen LogP contribution < -0.4 is 0 Å². The van der Waals surface area contributed by atoms with Crippen molar-refractivity contribution in [2.24, 2.45) is 10.2 Å². The number of aryl methyl sites for hydroxylation is 1. The summed E-state index contributed by atoms with van der Waals surface area (Å²) in [6.07, 6.45) is -7.58. The number of amides is 1. The Kier molecular flexibility index (Phi) is 6.13. The van der Waals surface area contributed by atoms with Crippen LogP contribution >= 0.6 is 0 Å². The minimum Gasteiger partial charge on any atom is -0.271 e. The molecule has 0 saturated carbocycles. The van der Waals surface area contributed by atoms with Crippen LogP contribution in [0.1, 0.15) is 17.5 Å². The van der Waals surface area contributed by atoms with Gasteiger partial charge in [0, 0.05) is 11.8 Å². The van der Waals surface area contributed by atoms with Gasteiger partial charge in [0.15, 0.2) is 11.6 Å². The van der Waals surface area contributed by atoms with E-state index in [0.717, 1.165) is 11.0 Å². The van der Waals surface area contributed by atoms with E-state index < -0.39 is 35.0 Å². The number of azo groups is 1. The van der Waals surface area contributed by atoms with E-state index in [0.29, 0.717) is 12.1 Å². The van der Waals surface area contributed by atoms with Gasteiger partial charge in [0.1, 0.15) is 6.33 Å². The maximum absolute atomic E-state index is 13.0. The molecule has 2 aromatic heterocycles. The predicted octanol–water partition coefficient (Wildman–Crippen LogP) is 5.08. The van der Waals surface area contributed by atoms with Crippen LogP contribution in [0.3, 0.4) is 0 Å². The fraction of sp³-hybridized carbons (Fsp3) is 0.222. The monoisotopic (exact) mass is 442 g/mol. The van der Waals surface area contributed by atoms with Crippen LogP contribution in [0.25, 0.3) is 11.4 Å². The van der Waals surface area contributed by atoms with E-state index in [-0.39, 0.29) is 30.7 Å². The summed E-state index contributed by atoms with van der Waals surface area (Å²) in [6.45, 7) is -0.0574. The first-order valence-electron chi connectivity index (χ1n) is 8.57. The minimum absolute atomic E-state index is 0.0196. The largest absolute Gasteiger partial charge is 0.416 e. The molecule has 1 amide bonds. The Labute approximate surface area is 170 Å². The van der Waals surface area contributed by atoms with Gasteiger partial charge in [-0.25, -0.2) is 9.97 Å². The molecule has 0 spiro atoms. The maximum atomic E-state index is 13.0. The van der Waals surface area contributed by atoms with Crippen LogP contribution in [-0.2, 0) is 23.7 Å². The van der Waals surface area contributed by atoms with Crippen molar-refractivity contribution in [3.05, 3.63) is 60.0 Å². The van der Waals surface area contributed by atoms with Gasteiger partial charge in [-0.15, -0.1) is 10.2 Å². The van der Waals surface area contributed by atoms with E-state index in [2.05, 4.69) is 25.3 Å². The Morgan fingerprint density at radius 2 is 1.65 bits per heavy atom. The van der Waals surface area contributed by atoms with Crippen molar-refractivity contribution in [1.82, 2.24) is 19.7 Å². The molecule has 0 aliphatic carbocycles. The number of hydrogen-bond donors (Lipinski definition) is 0. The molecule has 3 aromatic rings. The summed E-state index contributed by atoms with van der Waals surface area (Å²) in [5, 5.41) is 11.0. The van der Waals surface area contributed by atoms with Gasteiger partial charge in [-0.1, -0.05) is 6.07 Å². The van der Waals surface area contributed by atoms with E-state index in [9.17, 15) is 31.1 Å². The average Bonchev–Trinajstić information content (AvgIpc) is 3.19. The third-order valence-corrected chi connectivity index (χ3v) is 3.85. The molecule has 1 aromatic carbocycles.